The van der Waals surface area contributed by atoms with Crippen molar-refractivity contribution in [1.82, 2.24) is 20.0 Å². The highest BCUT2D eigenvalue weighted by atomic mass is 79.9. The lowest BCUT2D eigenvalue weighted by atomic mass is 10.2. The maximum Gasteiger partial charge on any atom is 0.446 e. The Morgan fingerprint density at radius 3 is 2.88 bits per heavy atom. The number of carbonyl (C=O) groups excluding carboxylic acids is 1. The minimum absolute atomic E-state index is 0.00298. The molecule has 0 amide bonds. The molecule has 0 fully saturated rings. The first-order chi connectivity index (χ1) is 12.5. The third-order valence-corrected chi connectivity index (χ3v) is 3.96. The average molecular weight is 427 g/mol. The summed E-state index contributed by atoms with van der Waals surface area (Å²) in [6.07, 6.45) is 0.844. The minimum atomic E-state index is -0.802. The highest BCUT2D eigenvalue weighted by Gasteiger charge is 2.24. The molecule has 0 saturated carbocycles. The van der Waals surface area contributed by atoms with E-state index >= 15 is 0 Å². The molecule has 2 aromatic heterocycles. The number of carbonyl (C=O) groups is 1. The fraction of sp³-hybridized carbons (Fsp3) is 0.267. The van der Waals surface area contributed by atoms with Crippen LogP contribution in [0.15, 0.2) is 36.6 Å². The Morgan fingerprint density at radius 1 is 1.35 bits per heavy atom. The van der Waals surface area contributed by atoms with E-state index in [0.29, 0.717) is 18.5 Å². The van der Waals surface area contributed by atoms with Crippen molar-refractivity contribution in [2.75, 3.05) is 6.61 Å². The summed E-state index contributed by atoms with van der Waals surface area (Å²) in [5, 5.41) is 11.0. The molecule has 2 heterocycles. The first-order valence-corrected chi connectivity index (χ1v) is 8.26. The number of benzene rings is 1. The Hall–Kier alpha value is -2.82. The summed E-state index contributed by atoms with van der Waals surface area (Å²) in [4.78, 5) is 23.0. The highest BCUT2D eigenvalue weighted by Crippen LogP contribution is 2.27. The van der Waals surface area contributed by atoms with Gasteiger partial charge in [0.1, 0.15) is 11.6 Å². The molecule has 136 valence electrons. The van der Waals surface area contributed by atoms with Crippen LogP contribution in [-0.2, 0) is 4.79 Å². The number of hydrogen-bond acceptors (Lipinski definition) is 8. The molecular formula is C15H12BrFN4O5. The van der Waals surface area contributed by atoms with Crippen LogP contribution < -0.4 is 10.5 Å². The van der Waals surface area contributed by atoms with Crippen LogP contribution in [0, 0.1) is 5.82 Å². The highest BCUT2D eigenvalue weighted by molar-refractivity contribution is 9.10. The number of ketones is 1. The van der Waals surface area contributed by atoms with Crippen LogP contribution in [0.5, 0.6) is 5.88 Å². The lowest BCUT2D eigenvalue weighted by Gasteiger charge is -2.05. The SMILES string of the molecule is CC(=O)CCCOc1nonc1-c1noc(=O)n1-c1ccc(F)c(Br)c1. The number of halogens is 2. The molecule has 1 aromatic carbocycles. The van der Waals surface area contributed by atoms with Gasteiger partial charge in [0.15, 0.2) is 0 Å². The van der Waals surface area contributed by atoms with Gasteiger partial charge in [-0.2, -0.15) is 0 Å². The molecule has 0 spiro atoms. The van der Waals surface area contributed by atoms with Crippen LogP contribution in [0.3, 0.4) is 0 Å². The standard InChI is InChI=1S/C15H12BrFN4O5/c1-8(22)3-2-6-24-14-12(18-26-20-14)13-19-25-15(23)21(13)9-4-5-11(17)10(16)7-9/h4-5,7H,2-3,6H2,1H3. The van der Waals surface area contributed by atoms with Gasteiger partial charge in [-0.05, 0) is 57.8 Å². The predicted molar refractivity (Wildman–Crippen MR) is 88.5 cm³/mol. The van der Waals surface area contributed by atoms with E-state index in [9.17, 15) is 14.0 Å². The molecule has 0 unspecified atom stereocenters. The largest absolute Gasteiger partial charge is 0.474 e. The van der Waals surface area contributed by atoms with Crippen LogP contribution in [0.4, 0.5) is 4.39 Å². The molecule has 0 aliphatic rings. The van der Waals surface area contributed by atoms with E-state index in [1.54, 1.807) is 0 Å². The summed E-state index contributed by atoms with van der Waals surface area (Å²) in [7, 11) is 0. The van der Waals surface area contributed by atoms with Gasteiger partial charge in [-0.1, -0.05) is 5.16 Å². The zero-order chi connectivity index (χ0) is 18.7. The van der Waals surface area contributed by atoms with Gasteiger partial charge in [-0.25, -0.2) is 18.4 Å². The normalized spacial score (nSPS) is 10.9. The zero-order valence-corrected chi connectivity index (χ0v) is 15.0. The van der Waals surface area contributed by atoms with E-state index in [2.05, 4.69) is 36.0 Å². The first kappa shape index (κ1) is 18.0. The molecule has 3 rings (SSSR count). The topological polar surface area (TPSA) is 113 Å². The Bertz CT molecular complexity index is 996. The van der Waals surface area contributed by atoms with E-state index < -0.39 is 11.6 Å². The van der Waals surface area contributed by atoms with Crippen molar-refractivity contribution in [2.24, 2.45) is 0 Å². The van der Waals surface area contributed by atoms with Crippen LogP contribution in [0.25, 0.3) is 17.2 Å². The summed E-state index contributed by atoms with van der Waals surface area (Å²) >= 11 is 3.06. The maximum atomic E-state index is 13.5. The number of ether oxygens (including phenoxy) is 1. The van der Waals surface area contributed by atoms with Gasteiger partial charge < -0.3 is 9.53 Å². The molecule has 0 saturated heterocycles. The maximum absolute atomic E-state index is 13.5. The summed E-state index contributed by atoms with van der Waals surface area (Å²) in [5.41, 5.74) is 0.337. The summed E-state index contributed by atoms with van der Waals surface area (Å²) in [6, 6.07) is 3.95. The van der Waals surface area contributed by atoms with Crippen LogP contribution in [0.1, 0.15) is 19.8 Å². The molecule has 9 nitrogen and oxygen atoms in total. The van der Waals surface area contributed by atoms with Gasteiger partial charge in [-0.3, -0.25) is 4.52 Å². The van der Waals surface area contributed by atoms with Crippen molar-refractivity contribution in [2.45, 2.75) is 19.8 Å². The second-order valence-corrected chi connectivity index (χ2v) is 6.13. The van der Waals surface area contributed by atoms with Gasteiger partial charge in [-0.15, -0.1) is 0 Å². The van der Waals surface area contributed by atoms with Gasteiger partial charge >= 0.3 is 5.76 Å². The smallest absolute Gasteiger partial charge is 0.446 e. The summed E-state index contributed by atoms with van der Waals surface area (Å²) < 4.78 is 29.5. The lowest BCUT2D eigenvalue weighted by molar-refractivity contribution is -0.117. The lowest BCUT2D eigenvalue weighted by Crippen LogP contribution is -2.13. The van der Waals surface area contributed by atoms with Crippen molar-refractivity contribution >= 4 is 21.7 Å². The molecule has 11 heteroatoms. The van der Waals surface area contributed by atoms with Gasteiger partial charge in [0.2, 0.25) is 11.5 Å². The Balaban J connectivity index is 1.92. The Kier molecular flexibility index (Phi) is 5.26. The predicted octanol–water partition coefficient (Wildman–Crippen LogP) is 2.53. The Labute approximate surface area is 153 Å². The third kappa shape index (κ3) is 3.72. The molecular weight excluding hydrogens is 415 g/mol. The van der Waals surface area contributed by atoms with Crippen LogP contribution >= 0.6 is 15.9 Å². The summed E-state index contributed by atoms with van der Waals surface area (Å²) in [6.45, 7) is 1.68. The molecule has 0 N–H and O–H groups in total. The molecule has 26 heavy (non-hydrogen) atoms. The quantitative estimate of drug-likeness (QED) is 0.529. The van der Waals surface area contributed by atoms with E-state index in [1.165, 1.54) is 25.1 Å². The van der Waals surface area contributed by atoms with Crippen molar-refractivity contribution in [3.05, 3.63) is 39.0 Å². The van der Waals surface area contributed by atoms with E-state index in [-0.39, 0.29) is 34.3 Å². The number of nitrogens with zero attached hydrogens (tertiary/aromatic N) is 4. The molecule has 0 aliphatic carbocycles. The summed E-state index contributed by atoms with van der Waals surface area (Å²) in [5.74, 6) is -1.27. The molecule has 0 radical (unpaired) electrons. The van der Waals surface area contributed by atoms with Crippen molar-refractivity contribution < 1.29 is 23.1 Å². The van der Waals surface area contributed by atoms with Gasteiger partial charge in [0, 0.05) is 6.42 Å². The van der Waals surface area contributed by atoms with E-state index in [0.717, 1.165) is 4.57 Å². The van der Waals surface area contributed by atoms with Crippen molar-refractivity contribution in [3.8, 4) is 23.1 Å². The van der Waals surface area contributed by atoms with Gasteiger partial charge in [0.25, 0.3) is 5.88 Å². The number of aromatic nitrogens is 4. The fourth-order valence-corrected chi connectivity index (χ4v) is 2.52. The fourth-order valence-electron chi connectivity index (χ4n) is 2.15. The monoisotopic (exact) mass is 426 g/mol. The van der Waals surface area contributed by atoms with E-state index in [4.69, 9.17) is 9.26 Å². The molecule has 3 aromatic rings. The molecule has 0 bridgehead atoms. The average Bonchev–Trinajstić information content (AvgIpc) is 3.20. The van der Waals surface area contributed by atoms with Crippen molar-refractivity contribution in [1.29, 1.82) is 0 Å². The van der Waals surface area contributed by atoms with Crippen molar-refractivity contribution in [3.63, 3.8) is 0 Å². The molecule has 0 atom stereocenters. The van der Waals surface area contributed by atoms with Gasteiger partial charge in [0.05, 0.1) is 16.8 Å². The van der Waals surface area contributed by atoms with Crippen LogP contribution in [-0.4, -0.2) is 32.4 Å². The Morgan fingerprint density at radius 2 is 2.15 bits per heavy atom. The number of rotatable bonds is 7. The first-order valence-electron chi connectivity index (χ1n) is 7.46. The second-order valence-electron chi connectivity index (χ2n) is 5.28. The van der Waals surface area contributed by atoms with Crippen LogP contribution in [0.2, 0.25) is 0 Å². The second kappa shape index (κ2) is 7.60. The number of hydrogen-bond donors (Lipinski definition) is 0. The van der Waals surface area contributed by atoms with E-state index in [1.807, 2.05) is 0 Å². The minimum Gasteiger partial charge on any atom is -0.474 e. The number of Topliss-reactive ketones (excluding diaryl/α,β-unsaturated/α-hetero) is 1. The molecule has 0 aliphatic heterocycles. The third-order valence-electron chi connectivity index (χ3n) is 3.35. The zero-order valence-electron chi connectivity index (χ0n) is 13.4.